The molecular formula is C18H20ClN3O3. The second kappa shape index (κ2) is 8.48. The zero-order valence-corrected chi connectivity index (χ0v) is 15.1. The fourth-order valence-corrected chi connectivity index (χ4v) is 2.49. The van der Waals surface area contributed by atoms with Crippen LogP contribution in [0.1, 0.15) is 34.8 Å². The van der Waals surface area contributed by atoms with Crippen molar-refractivity contribution in [3.05, 3.63) is 52.8 Å². The van der Waals surface area contributed by atoms with Gasteiger partial charge in [-0.25, -0.2) is 4.98 Å². The Morgan fingerprint density at radius 1 is 1.16 bits per heavy atom. The van der Waals surface area contributed by atoms with Gasteiger partial charge in [0.05, 0.1) is 12.8 Å². The van der Waals surface area contributed by atoms with Crippen LogP contribution in [0.4, 0.5) is 5.69 Å². The number of methoxy groups -OCH3 is 1. The van der Waals surface area contributed by atoms with E-state index in [0.29, 0.717) is 29.5 Å². The van der Waals surface area contributed by atoms with Gasteiger partial charge in [0.2, 0.25) is 0 Å². The van der Waals surface area contributed by atoms with Crippen LogP contribution in [0.25, 0.3) is 0 Å². The molecule has 0 bridgehead atoms. The summed E-state index contributed by atoms with van der Waals surface area (Å²) in [6, 6.07) is 9.68. The van der Waals surface area contributed by atoms with Crippen molar-refractivity contribution in [2.75, 3.05) is 25.5 Å². The highest BCUT2D eigenvalue weighted by Gasteiger charge is 2.17. The smallest absolute Gasteiger partial charge is 0.274 e. The van der Waals surface area contributed by atoms with Gasteiger partial charge in [-0.05, 0) is 44.2 Å². The molecule has 0 saturated heterocycles. The fraction of sp³-hybridized carbons (Fsp3) is 0.278. The maximum absolute atomic E-state index is 12.5. The largest absolute Gasteiger partial charge is 0.495 e. The molecule has 0 aliphatic carbocycles. The van der Waals surface area contributed by atoms with Gasteiger partial charge in [0.1, 0.15) is 17.1 Å². The van der Waals surface area contributed by atoms with Gasteiger partial charge in [-0.2, -0.15) is 0 Å². The summed E-state index contributed by atoms with van der Waals surface area (Å²) in [7, 11) is 1.50. The average molecular weight is 362 g/mol. The van der Waals surface area contributed by atoms with Gasteiger partial charge < -0.3 is 15.0 Å². The molecule has 0 fully saturated rings. The standard InChI is InChI=1S/C18H20ClN3O3/c1-4-22(5-2)18(24)14-8-6-7-13(20-14)17(23)21-15-11-12(19)9-10-16(15)25-3/h6-11H,4-5H2,1-3H3,(H,21,23). The van der Waals surface area contributed by atoms with Gasteiger partial charge >= 0.3 is 0 Å². The molecule has 2 rings (SSSR count). The number of hydrogen-bond donors (Lipinski definition) is 1. The zero-order chi connectivity index (χ0) is 18.4. The van der Waals surface area contributed by atoms with E-state index in [1.54, 1.807) is 41.3 Å². The van der Waals surface area contributed by atoms with E-state index in [2.05, 4.69) is 10.3 Å². The first-order chi connectivity index (χ1) is 12.0. The number of carbonyl (C=O) groups excluding carboxylic acids is 2. The Morgan fingerprint density at radius 2 is 1.84 bits per heavy atom. The highest BCUT2D eigenvalue weighted by Crippen LogP contribution is 2.28. The molecule has 0 saturated carbocycles. The van der Waals surface area contributed by atoms with E-state index in [9.17, 15) is 9.59 Å². The van der Waals surface area contributed by atoms with Crippen molar-refractivity contribution in [1.82, 2.24) is 9.88 Å². The number of halogens is 1. The van der Waals surface area contributed by atoms with Crippen molar-refractivity contribution in [2.45, 2.75) is 13.8 Å². The highest BCUT2D eigenvalue weighted by molar-refractivity contribution is 6.31. The Kier molecular flexibility index (Phi) is 6.36. The Balaban J connectivity index is 2.25. The molecule has 0 aliphatic rings. The number of carbonyl (C=O) groups is 2. The summed E-state index contributed by atoms with van der Waals surface area (Å²) in [5.74, 6) is -0.178. The number of rotatable bonds is 6. The molecule has 0 atom stereocenters. The molecular weight excluding hydrogens is 342 g/mol. The molecule has 1 N–H and O–H groups in total. The van der Waals surface area contributed by atoms with E-state index in [4.69, 9.17) is 16.3 Å². The third kappa shape index (κ3) is 4.48. The van der Waals surface area contributed by atoms with E-state index in [-0.39, 0.29) is 17.3 Å². The predicted molar refractivity (Wildman–Crippen MR) is 97.4 cm³/mol. The Bertz CT molecular complexity index is 776. The molecule has 7 heteroatoms. The van der Waals surface area contributed by atoms with Crippen LogP contribution >= 0.6 is 11.6 Å². The number of ether oxygens (including phenoxy) is 1. The molecule has 1 aromatic carbocycles. The first-order valence-electron chi connectivity index (χ1n) is 7.91. The molecule has 132 valence electrons. The summed E-state index contributed by atoms with van der Waals surface area (Å²) in [6.07, 6.45) is 0. The van der Waals surface area contributed by atoms with Crippen molar-refractivity contribution in [3.8, 4) is 5.75 Å². The van der Waals surface area contributed by atoms with Gasteiger partial charge in [-0.3, -0.25) is 9.59 Å². The van der Waals surface area contributed by atoms with E-state index in [1.165, 1.54) is 7.11 Å². The van der Waals surface area contributed by atoms with Crippen LogP contribution in [0.2, 0.25) is 5.02 Å². The van der Waals surface area contributed by atoms with Gasteiger partial charge in [-0.15, -0.1) is 0 Å². The lowest BCUT2D eigenvalue weighted by molar-refractivity contribution is 0.0767. The molecule has 0 spiro atoms. The first kappa shape index (κ1) is 18.7. The lowest BCUT2D eigenvalue weighted by atomic mass is 10.2. The lowest BCUT2D eigenvalue weighted by Crippen LogP contribution is -2.31. The van der Waals surface area contributed by atoms with Crippen molar-refractivity contribution in [2.24, 2.45) is 0 Å². The normalized spacial score (nSPS) is 10.2. The number of pyridine rings is 1. The number of benzene rings is 1. The van der Waals surface area contributed by atoms with Crippen LogP contribution in [-0.2, 0) is 0 Å². The minimum Gasteiger partial charge on any atom is -0.495 e. The van der Waals surface area contributed by atoms with Crippen LogP contribution in [0.3, 0.4) is 0 Å². The summed E-state index contributed by atoms with van der Waals surface area (Å²) in [6.45, 7) is 4.94. The molecule has 1 heterocycles. The average Bonchev–Trinajstić information content (AvgIpc) is 2.63. The Labute approximate surface area is 151 Å². The topological polar surface area (TPSA) is 71.5 Å². The molecule has 2 aromatic rings. The number of hydrogen-bond acceptors (Lipinski definition) is 4. The van der Waals surface area contributed by atoms with Crippen LogP contribution in [0.5, 0.6) is 5.75 Å². The number of anilines is 1. The lowest BCUT2D eigenvalue weighted by Gasteiger charge is -2.18. The monoisotopic (exact) mass is 361 g/mol. The van der Waals surface area contributed by atoms with Crippen LogP contribution < -0.4 is 10.1 Å². The van der Waals surface area contributed by atoms with Gasteiger partial charge in [0.15, 0.2) is 0 Å². The first-order valence-corrected chi connectivity index (χ1v) is 8.29. The molecule has 25 heavy (non-hydrogen) atoms. The summed E-state index contributed by atoms with van der Waals surface area (Å²) in [5.41, 5.74) is 0.803. The third-order valence-corrected chi connectivity index (χ3v) is 3.90. The Hall–Kier alpha value is -2.60. The number of nitrogens with one attached hydrogen (secondary N) is 1. The van der Waals surface area contributed by atoms with E-state index in [0.717, 1.165) is 0 Å². The Morgan fingerprint density at radius 3 is 2.48 bits per heavy atom. The SMILES string of the molecule is CCN(CC)C(=O)c1cccc(C(=O)Nc2cc(Cl)ccc2OC)n1. The van der Waals surface area contributed by atoms with E-state index >= 15 is 0 Å². The van der Waals surface area contributed by atoms with Crippen molar-refractivity contribution in [3.63, 3.8) is 0 Å². The molecule has 0 unspecified atom stereocenters. The maximum Gasteiger partial charge on any atom is 0.274 e. The van der Waals surface area contributed by atoms with Crippen LogP contribution in [0.15, 0.2) is 36.4 Å². The van der Waals surface area contributed by atoms with Gasteiger partial charge in [0.25, 0.3) is 11.8 Å². The summed E-state index contributed by atoms with van der Waals surface area (Å²) in [4.78, 5) is 30.7. The van der Waals surface area contributed by atoms with E-state index < -0.39 is 5.91 Å². The second-order valence-corrected chi connectivity index (χ2v) is 5.62. The molecule has 2 amide bonds. The van der Waals surface area contributed by atoms with Crippen molar-refractivity contribution in [1.29, 1.82) is 0 Å². The fourth-order valence-electron chi connectivity index (χ4n) is 2.32. The molecule has 6 nitrogen and oxygen atoms in total. The maximum atomic E-state index is 12.5. The summed E-state index contributed by atoms with van der Waals surface area (Å²) < 4.78 is 5.21. The predicted octanol–water partition coefficient (Wildman–Crippen LogP) is 3.48. The van der Waals surface area contributed by atoms with Crippen LogP contribution in [0, 0.1) is 0 Å². The second-order valence-electron chi connectivity index (χ2n) is 5.18. The number of nitrogens with zero attached hydrogens (tertiary/aromatic N) is 2. The minimum absolute atomic E-state index is 0.139. The van der Waals surface area contributed by atoms with Crippen molar-refractivity contribution < 1.29 is 14.3 Å². The van der Waals surface area contributed by atoms with Gasteiger partial charge in [0, 0.05) is 18.1 Å². The number of amides is 2. The zero-order valence-electron chi connectivity index (χ0n) is 14.4. The van der Waals surface area contributed by atoms with Crippen molar-refractivity contribution >= 4 is 29.1 Å². The third-order valence-electron chi connectivity index (χ3n) is 3.66. The molecule has 1 aromatic heterocycles. The van der Waals surface area contributed by atoms with Crippen LogP contribution in [-0.4, -0.2) is 41.9 Å². The minimum atomic E-state index is -0.449. The highest BCUT2D eigenvalue weighted by atomic mass is 35.5. The molecule has 0 radical (unpaired) electrons. The quantitative estimate of drug-likeness (QED) is 0.855. The van der Waals surface area contributed by atoms with E-state index in [1.807, 2.05) is 13.8 Å². The number of aromatic nitrogens is 1. The summed E-state index contributed by atoms with van der Waals surface area (Å²) in [5, 5.41) is 3.17. The molecule has 0 aliphatic heterocycles. The summed E-state index contributed by atoms with van der Waals surface area (Å²) >= 11 is 5.96. The van der Waals surface area contributed by atoms with Gasteiger partial charge in [-0.1, -0.05) is 17.7 Å².